The van der Waals surface area contributed by atoms with E-state index in [1.54, 1.807) is 18.2 Å². The summed E-state index contributed by atoms with van der Waals surface area (Å²) < 4.78 is 30.0. The van der Waals surface area contributed by atoms with Crippen LogP contribution in [0.1, 0.15) is 22.3 Å². The summed E-state index contributed by atoms with van der Waals surface area (Å²) in [4.78, 5) is 16.4. The SMILES string of the molecule is COc1cc(/C=C2\N=C(c3cccc(F)c3)OC2=O)cc(Cl)c1OCc1cccc(C)c1. The second-order valence-corrected chi connectivity index (χ2v) is 7.57. The second-order valence-electron chi connectivity index (χ2n) is 7.16. The van der Waals surface area contributed by atoms with Crippen molar-refractivity contribution in [2.45, 2.75) is 13.5 Å². The maximum absolute atomic E-state index is 13.5. The lowest BCUT2D eigenvalue weighted by Gasteiger charge is -2.13. The average Bonchev–Trinajstić information content (AvgIpc) is 3.13. The highest BCUT2D eigenvalue weighted by atomic mass is 35.5. The summed E-state index contributed by atoms with van der Waals surface area (Å²) in [5.74, 6) is -0.235. The van der Waals surface area contributed by atoms with Crippen molar-refractivity contribution in [1.82, 2.24) is 0 Å². The average molecular weight is 452 g/mol. The molecule has 7 heteroatoms. The van der Waals surface area contributed by atoms with Gasteiger partial charge in [-0.2, -0.15) is 0 Å². The van der Waals surface area contributed by atoms with Gasteiger partial charge < -0.3 is 14.2 Å². The van der Waals surface area contributed by atoms with Crippen molar-refractivity contribution in [3.05, 3.63) is 99.5 Å². The monoisotopic (exact) mass is 451 g/mol. The van der Waals surface area contributed by atoms with Gasteiger partial charge in [-0.1, -0.05) is 47.5 Å². The Morgan fingerprint density at radius 2 is 1.94 bits per heavy atom. The number of methoxy groups -OCH3 is 1. The minimum atomic E-state index is -0.640. The summed E-state index contributed by atoms with van der Waals surface area (Å²) in [6.07, 6.45) is 1.52. The molecule has 32 heavy (non-hydrogen) atoms. The number of cyclic esters (lactones) is 1. The van der Waals surface area contributed by atoms with Gasteiger partial charge in [0.05, 0.1) is 12.1 Å². The third kappa shape index (κ3) is 4.81. The molecule has 3 aromatic carbocycles. The van der Waals surface area contributed by atoms with Crippen molar-refractivity contribution < 1.29 is 23.4 Å². The number of hydrogen-bond donors (Lipinski definition) is 0. The second kappa shape index (κ2) is 9.24. The van der Waals surface area contributed by atoms with E-state index >= 15 is 0 Å². The highest BCUT2D eigenvalue weighted by Crippen LogP contribution is 2.38. The fraction of sp³-hybridized carbons (Fsp3) is 0.120. The first-order valence-electron chi connectivity index (χ1n) is 9.77. The number of halogens is 2. The molecule has 0 N–H and O–H groups in total. The van der Waals surface area contributed by atoms with E-state index in [9.17, 15) is 9.18 Å². The van der Waals surface area contributed by atoms with Crippen LogP contribution in [0.4, 0.5) is 4.39 Å². The van der Waals surface area contributed by atoms with Gasteiger partial charge in [-0.05, 0) is 54.5 Å². The summed E-state index contributed by atoms with van der Waals surface area (Å²) in [7, 11) is 1.51. The quantitative estimate of drug-likeness (QED) is 0.355. The molecule has 0 radical (unpaired) electrons. The van der Waals surface area contributed by atoms with Crippen molar-refractivity contribution in [2.24, 2.45) is 4.99 Å². The van der Waals surface area contributed by atoms with Crippen molar-refractivity contribution in [3.8, 4) is 11.5 Å². The number of aryl methyl sites for hydroxylation is 1. The normalized spacial score (nSPS) is 14.3. The zero-order valence-corrected chi connectivity index (χ0v) is 18.2. The van der Waals surface area contributed by atoms with Crippen LogP contribution in [-0.2, 0) is 16.1 Å². The van der Waals surface area contributed by atoms with Crippen LogP contribution in [-0.4, -0.2) is 19.0 Å². The van der Waals surface area contributed by atoms with Crippen LogP contribution >= 0.6 is 11.6 Å². The Bertz CT molecular complexity index is 1250. The molecule has 0 saturated heterocycles. The molecule has 0 amide bonds. The largest absolute Gasteiger partial charge is 0.493 e. The number of hydrogen-bond acceptors (Lipinski definition) is 5. The predicted molar refractivity (Wildman–Crippen MR) is 121 cm³/mol. The molecule has 3 aromatic rings. The molecule has 0 atom stereocenters. The van der Waals surface area contributed by atoms with Gasteiger partial charge in [0.15, 0.2) is 17.2 Å². The number of aliphatic imine (C=N–C) groups is 1. The van der Waals surface area contributed by atoms with E-state index in [-0.39, 0.29) is 11.6 Å². The molecule has 0 unspecified atom stereocenters. The van der Waals surface area contributed by atoms with Crippen molar-refractivity contribution in [1.29, 1.82) is 0 Å². The molecular weight excluding hydrogens is 433 g/mol. The lowest BCUT2D eigenvalue weighted by Crippen LogP contribution is -2.05. The number of carbonyl (C=O) groups is 1. The molecule has 0 fully saturated rings. The van der Waals surface area contributed by atoms with Crippen LogP contribution < -0.4 is 9.47 Å². The molecule has 1 aliphatic rings. The third-order valence-electron chi connectivity index (χ3n) is 4.71. The summed E-state index contributed by atoms with van der Waals surface area (Å²) >= 11 is 6.45. The topological polar surface area (TPSA) is 57.1 Å². The van der Waals surface area contributed by atoms with E-state index in [2.05, 4.69) is 4.99 Å². The van der Waals surface area contributed by atoms with E-state index in [4.69, 9.17) is 25.8 Å². The number of carbonyl (C=O) groups excluding carboxylic acids is 1. The van der Waals surface area contributed by atoms with Gasteiger partial charge in [-0.25, -0.2) is 14.2 Å². The Labute approximate surface area is 189 Å². The van der Waals surface area contributed by atoms with Gasteiger partial charge in [0.25, 0.3) is 0 Å². The fourth-order valence-electron chi connectivity index (χ4n) is 3.23. The first-order chi connectivity index (χ1) is 15.4. The van der Waals surface area contributed by atoms with Crippen LogP contribution in [0.5, 0.6) is 11.5 Å². The first-order valence-corrected chi connectivity index (χ1v) is 10.1. The van der Waals surface area contributed by atoms with Gasteiger partial charge in [0.2, 0.25) is 5.90 Å². The number of nitrogens with zero attached hydrogens (tertiary/aromatic N) is 1. The molecule has 162 valence electrons. The van der Waals surface area contributed by atoms with Gasteiger partial charge in [0, 0.05) is 5.56 Å². The predicted octanol–water partition coefficient (Wildman–Crippen LogP) is 5.72. The molecule has 0 spiro atoms. The van der Waals surface area contributed by atoms with Crippen molar-refractivity contribution >= 4 is 29.5 Å². The van der Waals surface area contributed by atoms with Crippen LogP contribution in [0, 0.1) is 12.7 Å². The Balaban J connectivity index is 1.59. The lowest BCUT2D eigenvalue weighted by atomic mass is 10.1. The Morgan fingerprint density at radius 3 is 2.69 bits per heavy atom. The zero-order chi connectivity index (χ0) is 22.7. The van der Waals surface area contributed by atoms with Crippen LogP contribution in [0.3, 0.4) is 0 Å². The minimum Gasteiger partial charge on any atom is -0.493 e. The Kier molecular flexibility index (Phi) is 6.23. The summed E-state index contributed by atoms with van der Waals surface area (Å²) in [6.45, 7) is 2.33. The molecule has 4 rings (SSSR count). The molecule has 0 saturated carbocycles. The maximum Gasteiger partial charge on any atom is 0.363 e. The van der Waals surface area contributed by atoms with Crippen LogP contribution in [0.2, 0.25) is 5.02 Å². The zero-order valence-electron chi connectivity index (χ0n) is 17.4. The van der Waals surface area contributed by atoms with E-state index in [1.165, 1.54) is 31.4 Å². The molecule has 0 bridgehead atoms. The van der Waals surface area contributed by atoms with Crippen LogP contribution in [0.25, 0.3) is 6.08 Å². The smallest absolute Gasteiger partial charge is 0.363 e. The molecule has 5 nitrogen and oxygen atoms in total. The van der Waals surface area contributed by atoms with E-state index in [1.807, 2.05) is 31.2 Å². The molecule has 1 heterocycles. The summed E-state index contributed by atoms with van der Waals surface area (Å²) in [6, 6.07) is 17.0. The van der Waals surface area contributed by atoms with E-state index in [0.717, 1.165) is 11.1 Å². The summed E-state index contributed by atoms with van der Waals surface area (Å²) in [5, 5.41) is 0.324. The van der Waals surface area contributed by atoms with Gasteiger partial charge in [-0.3, -0.25) is 0 Å². The van der Waals surface area contributed by atoms with Crippen molar-refractivity contribution in [2.75, 3.05) is 7.11 Å². The Morgan fingerprint density at radius 1 is 1.12 bits per heavy atom. The van der Waals surface area contributed by atoms with Crippen molar-refractivity contribution in [3.63, 3.8) is 0 Å². The maximum atomic E-state index is 13.5. The van der Waals surface area contributed by atoms with E-state index in [0.29, 0.717) is 34.3 Å². The number of ether oxygens (including phenoxy) is 3. The number of benzene rings is 3. The third-order valence-corrected chi connectivity index (χ3v) is 4.99. The standard InChI is InChI=1S/C25H19ClFNO4/c1-15-5-3-6-16(9-15)14-31-23-20(26)10-17(12-22(23)30-2)11-21-25(29)32-24(28-21)18-7-4-8-19(27)13-18/h3-13H,14H2,1-2H3/b21-11-. The van der Waals surface area contributed by atoms with Crippen LogP contribution in [0.15, 0.2) is 71.4 Å². The van der Waals surface area contributed by atoms with E-state index < -0.39 is 11.8 Å². The van der Waals surface area contributed by atoms with Gasteiger partial charge in [0.1, 0.15) is 12.4 Å². The number of rotatable bonds is 6. The molecule has 1 aliphatic heterocycles. The lowest BCUT2D eigenvalue weighted by molar-refractivity contribution is -0.129. The van der Waals surface area contributed by atoms with Gasteiger partial charge >= 0.3 is 5.97 Å². The fourth-order valence-corrected chi connectivity index (χ4v) is 3.51. The molecular formula is C25H19ClFNO4. The highest BCUT2D eigenvalue weighted by molar-refractivity contribution is 6.32. The van der Waals surface area contributed by atoms with Gasteiger partial charge in [-0.15, -0.1) is 0 Å². The summed E-state index contributed by atoms with van der Waals surface area (Å²) in [5.41, 5.74) is 3.15. The number of esters is 1. The Hall–Kier alpha value is -3.64. The molecule has 0 aromatic heterocycles. The molecule has 0 aliphatic carbocycles. The first kappa shape index (κ1) is 21.6. The highest BCUT2D eigenvalue weighted by Gasteiger charge is 2.25. The minimum absolute atomic E-state index is 0.0388.